The van der Waals surface area contributed by atoms with Gasteiger partial charge in [0.2, 0.25) is 5.91 Å². The van der Waals surface area contributed by atoms with Gasteiger partial charge in [-0.2, -0.15) is 0 Å². The number of likely N-dealkylation sites (N-methyl/N-ethyl adjacent to an activating group) is 1. The number of hydrogen-bond donors (Lipinski definition) is 2. The Hall–Kier alpha value is -2.09. The fourth-order valence-corrected chi connectivity index (χ4v) is 2.11. The summed E-state index contributed by atoms with van der Waals surface area (Å²) >= 11 is 0.986. The Balaban J connectivity index is 2.21. The molecule has 8 heteroatoms. The van der Waals surface area contributed by atoms with E-state index in [2.05, 4.69) is 10.6 Å². The highest BCUT2D eigenvalue weighted by Gasteiger charge is 2.10. The second kappa shape index (κ2) is 9.78. The molecule has 0 aliphatic heterocycles. The summed E-state index contributed by atoms with van der Waals surface area (Å²) in [5.41, 5.74) is 0. The molecule has 0 radical (unpaired) electrons. The van der Waals surface area contributed by atoms with Crippen molar-refractivity contribution in [3.63, 3.8) is 0 Å². The lowest BCUT2D eigenvalue weighted by Crippen LogP contribution is -2.38. The second-order valence-electron chi connectivity index (χ2n) is 4.11. The molecule has 1 rings (SSSR count). The van der Waals surface area contributed by atoms with Gasteiger partial charge in [0.1, 0.15) is 5.82 Å². The van der Waals surface area contributed by atoms with E-state index in [1.54, 1.807) is 25.1 Å². The van der Waals surface area contributed by atoms with Gasteiger partial charge in [-0.15, -0.1) is 11.8 Å². The molecule has 1 aromatic carbocycles. The van der Waals surface area contributed by atoms with Gasteiger partial charge in [0.25, 0.3) is 5.91 Å². The van der Waals surface area contributed by atoms with E-state index >= 15 is 0 Å². The third-order valence-electron chi connectivity index (χ3n) is 2.37. The Labute approximate surface area is 131 Å². The molecule has 120 valence electrons. The van der Waals surface area contributed by atoms with E-state index in [9.17, 15) is 18.8 Å². The van der Waals surface area contributed by atoms with Crippen molar-refractivity contribution in [2.24, 2.45) is 0 Å². The first-order valence-electron chi connectivity index (χ1n) is 6.59. The van der Waals surface area contributed by atoms with Gasteiger partial charge in [0, 0.05) is 11.4 Å². The zero-order valence-corrected chi connectivity index (χ0v) is 12.9. The molecule has 0 unspecified atom stereocenters. The van der Waals surface area contributed by atoms with E-state index in [-0.39, 0.29) is 18.2 Å². The molecule has 0 fully saturated rings. The number of thioether (sulfide) groups is 1. The highest BCUT2D eigenvalue weighted by atomic mass is 32.2. The fourth-order valence-electron chi connectivity index (χ4n) is 1.38. The number of ether oxygens (including phenoxy) is 1. The van der Waals surface area contributed by atoms with Crippen LogP contribution in [0.2, 0.25) is 0 Å². The first kappa shape index (κ1) is 18.0. The summed E-state index contributed by atoms with van der Waals surface area (Å²) in [6, 6.07) is 6.05. The van der Waals surface area contributed by atoms with Crippen LogP contribution in [0.25, 0.3) is 0 Å². The molecule has 0 aromatic heterocycles. The number of halogens is 1. The van der Waals surface area contributed by atoms with Crippen LogP contribution < -0.4 is 10.6 Å². The van der Waals surface area contributed by atoms with Crippen LogP contribution >= 0.6 is 11.8 Å². The lowest BCUT2D eigenvalue weighted by atomic mass is 10.3. The first-order chi connectivity index (χ1) is 10.5. The smallest absolute Gasteiger partial charge is 0.316 e. The molecule has 0 saturated carbocycles. The van der Waals surface area contributed by atoms with Crippen LogP contribution in [0.4, 0.5) is 4.39 Å². The van der Waals surface area contributed by atoms with Crippen molar-refractivity contribution in [1.29, 1.82) is 0 Å². The van der Waals surface area contributed by atoms with E-state index in [1.807, 2.05) is 0 Å². The van der Waals surface area contributed by atoms with Gasteiger partial charge in [0.05, 0.1) is 12.3 Å². The number of carbonyl (C=O) groups excluding carboxylic acids is 3. The van der Waals surface area contributed by atoms with Crippen molar-refractivity contribution in [3.8, 4) is 0 Å². The van der Waals surface area contributed by atoms with Gasteiger partial charge in [-0.1, -0.05) is 12.1 Å². The molecule has 2 N–H and O–H groups in total. The number of amides is 2. The van der Waals surface area contributed by atoms with Crippen molar-refractivity contribution in [1.82, 2.24) is 10.6 Å². The molecule has 6 nitrogen and oxygen atoms in total. The number of rotatable bonds is 8. The van der Waals surface area contributed by atoms with E-state index in [1.165, 1.54) is 6.07 Å². The normalized spacial score (nSPS) is 9.91. The monoisotopic (exact) mass is 328 g/mol. The van der Waals surface area contributed by atoms with E-state index < -0.39 is 24.3 Å². The Bertz CT molecular complexity index is 539. The van der Waals surface area contributed by atoms with Gasteiger partial charge < -0.3 is 15.4 Å². The molecule has 0 bridgehead atoms. The van der Waals surface area contributed by atoms with Gasteiger partial charge >= 0.3 is 5.97 Å². The second-order valence-corrected chi connectivity index (χ2v) is 5.13. The summed E-state index contributed by atoms with van der Waals surface area (Å²) in [4.78, 5) is 34.2. The van der Waals surface area contributed by atoms with E-state index in [0.29, 0.717) is 11.4 Å². The third kappa shape index (κ3) is 7.07. The van der Waals surface area contributed by atoms with Crippen molar-refractivity contribution < 1.29 is 23.5 Å². The Morgan fingerprint density at radius 3 is 2.59 bits per heavy atom. The average Bonchev–Trinajstić information content (AvgIpc) is 2.50. The minimum absolute atomic E-state index is 0.107. The van der Waals surface area contributed by atoms with Gasteiger partial charge in [0.15, 0.2) is 6.61 Å². The van der Waals surface area contributed by atoms with Crippen molar-refractivity contribution in [2.75, 3.05) is 25.4 Å². The van der Waals surface area contributed by atoms with Crippen molar-refractivity contribution in [2.45, 2.75) is 11.8 Å². The zero-order valence-electron chi connectivity index (χ0n) is 12.1. The van der Waals surface area contributed by atoms with Crippen molar-refractivity contribution >= 4 is 29.5 Å². The summed E-state index contributed by atoms with van der Waals surface area (Å²) in [5.74, 6) is -2.06. The number of benzene rings is 1. The van der Waals surface area contributed by atoms with Crippen LogP contribution in [-0.4, -0.2) is 43.2 Å². The molecule has 2 amide bonds. The van der Waals surface area contributed by atoms with E-state index in [4.69, 9.17) is 4.74 Å². The lowest BCUT2D eigenvalue weighted by Gasteiger charge is -2.07. The van der Waals surface area contributed by atoms with Gasteiger partial charge in [-0.3, -0.25) is 14.4 Å². The maximum Gasteiger partial charge on any atom is 0.316 e. The van der Waals surface area contributed by atoms with Crippen LogP contribution in [0, 0.1) is 5.82 Å². The topological polar surface area (TPSA) is 84.5 Å². The Morgan fingerprint density at radius 1 is 1.18 bits per heavy atom. The molecule has 22 heavy (non-hydrogen) atoms. The highest BCUT2D eigenvalue weighted by Crippen LogP contribution is 2.20. The molecule has 0 aliphatic rings. The Kier molecular flexibility index (Phi) is 7.98. The van der Waals surface area contributed by atoms with Gasteiger partial charge in [-0.05, 0) is 19.1 Å². The predicted molar refractivity (Wildman–Crippen MR) is 79.8 cm³/mol. The minimum atomic E-state index is -0.638. The van der Waals surface area contributed by atoms with Crippen LogP contribution in [0.15, 0.2) is 29.2 Å². The predicted octanol–water partition coefficient (Wildman–Crippen LogP) is 0.713. The molecular weight excluding hydrogens is 311 g/mol. The molecular formula is C14H17FN2O4S. The largest absolute Gasteiger partial charge is 0.455 e. The highest BCUT2D eigenvalue weighted by molar-refractivity contribution is 8.00. The number of hydrogen-bond acceptors (Lipinski definition) is 5. The third-order valence-corrected chi connectivity index (χ3v) is 3.39. The van der Waals surface area contributed by atoms with Gasteiger partial charge in [-0.25, -0.2) is 4.39 Å². The average molecular weight is 328 g/mol. The van der Waals surface area contributed by atoms with Crippen LogP contribution in [0.1, 0.15) is 6.92 Å². The molecule has 0 atom stereocenters. The van der Waals surface area contributed by atoms with Crippen molar-refractivity contribution in [3.05, 3.63) is 30.1 Å². The zero-order chi connectivity index (χ0) is 16.4. The number of esters is 1. The summed E-state index contributed by atoms with van der Waals surface area (Å²) < 4.78 is 18.0. The van der Waals surface area contributed by atoms with Crippen LogP contribution in [0.3, 0.4) is 0 Å². The fraction of sp³-hybridized carbons (Fsp3) is 0.357. The molecule has 0 heterocycles. The molecule has 0 aliphatic carbocycles. The molecule has 0 saturated heterocycles. The number of carbonyl (C=O) groups is 3. The maximum atomic E-state index is 13.3. The summed E-state index contributed by atoms with van der Waals surface area (Å²) in [5, 5.41) is 4.82. The maximum absolute atomic E-state index is 13.3. The summed E-state index contributed by atoms with van der Waals surface area (Å²) in [7, 11) is 0. The number of nitrogens with one attached hydrogen (secondary N) is 2. The van der Waals surface area contributed by atoms with Crippen LogP contribution in [0.5, 0.6) is 0 Å². The minimum Gasteiger partial charge on any atom is -0.455 e. The van der Waals surface area contributed by atoms with Crippen LogP contribution in [-0.2, 0) is 19.1 Å². The van der Waals surface area contributed by atoms with E-state index in [0.717, 1.165) is 11.8 Å². The summed E-state index contributed by atoms with van der Waals surface area (Å²) in [6.45, 7) is 1.58. The molecule has 0 spiro atoms. The first-order valence-corrected chi connectivity index (χ1v) is 7.57. The quantitative estimate of drug-likeness (QED) is 0.542. The Morgan fingerprint density at radius 2 is 1.91 bits per heavy atom. The SMILES string of the molecule is CCNC(=O)CNC(=O)COC(=O)CSc1ccccc1F. The summed E-state index contributed by atoms with van der Waals surface area (Å²) in [6.07, 6.45) is 0. The standard InChI is InChI=1S/C14H17FN2O4S/c1-2-16-12(18)7-17-13(19)8-21-14(20)9-22-11-6-4-3-5-10(11)15/h3-6H,2,7-9H2,1H3,(H,16,18)(H,17,19). The lowest BCUT2D eigenvalue weighted by molar-refractivity contribution is -0.146. The molecule has 1 aromatic rings.